The summed E-state index contributed by atoms with van der Waals surface area (Å²) in [5.41, 5.74) is 1.09. The number of benzene rings is 3. The molecule has 1 amide bonds. The zero-order chi connectivity index (χ0) is 27.4. The van der Waals surface area contributed by atoms with Gasteiger partial charge in [-0.25, -0.2) is 11.5 Å². The van der Waals surface area contributed by atoms with Gasteiger partial charge in [0.05, 0.1) is 40.8 Å². The molecule has 0 bridgehead atoms. The molecule has 0 unspecified atom stereocenters. The Bertz CT molecular complexity index is 1370. The van der Waals surface area contributed by atoms with Crippen molar-refractivity contribution in [2.45, 2.75) is 37.9 Å². The highest BCUT2D eigenvalue weighted by Gasteiger charge is 2.27. The number of aliphatic hydroxyl groups is 1. The molecule has 0 radical (unpaired) electrons. The largest absolute Gasteiger partial charge is 0.492 e. The summed E-state index contributed by atoms with van der Waals surface area (Å²) in [6.45, 7) is 3.93. The first-order valence-electron chi connectivity index (χ1n) is 11.0. The zero-order valence-electron chi connectivity index (χ0n) is 20.1. The lowest BCUT2D eigenvalue weighted by Crippen LogP contribution is -2.27. The summed E-state index contributed by atoms with van der Waals surface area (Å²) in [4.78, 5) is 12.6. The fourth-order valence-electron chi connectivity index (χ4n) is 3.30. The molecule has 0 aliphatic carbocycles. The molecule has 0 aliphatic rings. The van der Waals surface area contributed by atoms with Gasteiger partial charge < -0.3 is 14.6 Å². The van der Waals surface area contributed by atoms with E-state index in [4.69, 9.17) is 4.74 Å². The summed E-state index contributed by atoms with van der Waals surface area (Å²) in [6.07, 6.45) is -4.87. The highest BCUT2D eigenvalue weighted by molar-refractivity contribution is 14.1. The number of aryl methyl sites for hydroxylation is 1. The number of alkyl halides is 2. The van der Waals surface area contributed by atoms with Gasteiger partial charge in [0.25, 0.3) is 15.9 Å². The average molecular weight is 646 g/mol. The van der Waals surface area contributed by atoms with Crippen LogP contribution in [-0.4, -0.2) is 32.1 Å². The van der Waals surface area contributed by atoms with Gasteiger partial charge in [0.1, 0.15) is 16.4 Å². The quantitative estimate of drug-likeness (QED) is 0.220. The molecular weight excluding hydrogens is 621 g/mol. The maximum absolute atomic E-state index is 13.3. The molecule has 0 fully saturated rings. The lowest BCUT2D eigenvalue weighted by atomic mass is 10.1. The SMILES string of the molecule is CCOc1cc(N(I)C(=O)[C@@H](O)c2ccccc2)ccc1S(=O)(=O)Nc1ccc(C)c(OC(C)(F)F)c1. The van der Waals surface area contributed by atoms with Crippen molar-refractivity contribution in [3.05, 3.63) is 77.9 Å². The number of sulfonamides is 1. The Balaban J connectivity index is 1.90. The number of carbonyl (C=O) groups is 1. The Morgan fingerprint density at radius 2 is 1.78 bits per heavy atom. The minimum atomic E-state index is -4.23. The van der Waals surface area contributed by atoms with E-state index in [1.807, 2.05) is 0 Å². The fraction of sp³-hybridized carbons (Fsp3) is 0.240. The van der Waals surface area contributed by atoms with E-state index in [9.17, 15) is 27.1 Å². The first kappa shape index (κ1) is 28.6. The molecule has 2 N–H and O–H groups in total. The van der Waals surface area contributed by atoms with E-state index in [-0.39, 0.29) is 34.4 Å². The summed E-state index contributed by atoms with van der Waals surface area (Å²) in [7, 11) is -4.23. The van der Waals surface area contributed by atoms with E-state index in [0.29, 0.717) is 18.1 Å². The van der Waals surface area contributed by atoms with Gasteiger partial charge in [0, 0.05) is 19.1 Å². The second kappa shape index (κ2) is 11.6. The van der Waals surface area contributed by atoms with Gasteiger partial charge >= 0.3 is 6.11 Å². The Morgan fingerprint density at radius 1 is 1.11 bits per heavy atom. The van der Waals surface area contributed by atoms with Gasteiger partial charge in [-0.1, -0.05) is 36.4 Å². The number of rotatable bonds is 10. The van der Waals surface area contributed by atoms with Crippen LogP contribution in [0.1, 0.15) is 31.1 Å². The molecule has 12 heteroatoms. The van der Waals surface area contributed by atoms with Crippen molar-refractivity contribution in [1.29, 1.82) is 0 Å². The first-order chi connectivity index (χ1) is 17.3. The number of aliphatic hydroxyl groups excluding tert-OH is 1. The number of carbonyl (C=O) groups excluding carboxylic acids is 1. The van der Waals surface area contributed by atoms with Crippen molar-refractivity contribution < 1.29 is 36.6 Å². The fourth-order valence-corrected chi connectivity index (χ4v) is 5.04. The molecule has 0 aromatic heterocycles. The third-order valence-corrected chi connectivity index (χ3v) is 7.47. The number of nitrogens with one attached hydrogen (secondary N) is 1. The smallest absolute Gasteiger partial charge is 0.394 e. The van der Waals surface area contributed by atoms with Gasteiger partial charge in [-0.05, 0) is 43.2 Å². The normalized spacial score (nSPS) is 12.5. The molecule has 3 aromatic rings. The van der Waals surface area contributed by atoms with E-state index >= 15 is 0 Å². The van der Waals surface area contributed by atoms with Gasteiger partial charge in [-0.15, -0.1) is 0 Å². The van der Waals surface area contributed by atoms with Crippen LogP contribution in [-0.2, 0) is 14.8 Å². The summed E-state index contributed by atoms with van der Waals surface area (Å²) >= 11 is 1.72. The number of nitrogens with zero attached hydrogens (tertiary/aromatic N) is 1. The van der Waals surface area contributed by atoms with Gasteiger partial charge in [0.2, 0.25) is 0 Å². The van der Waals surface area contributed by atoms with Crippen LogP contribution in [0, 0.1) is 6.92 Å². The molecule has 0 aliphatic heterocycles. The standard InChI is InChI=1S/C25H25F2IN2O6S/c1-4-35-21-15-19(30(28)24(32)23(31)17-8-6-5-7-9-17)12-13-22(21)37(33,34)29-18-11-10-16(2)20(14-18)36-25(3,26)27/h5-15,23,29,31H,4H2,1-3H3/t23-/m0/s1. The van der Waals surface area contributed by atoms with Crippen molar-refractivity contribution in [3.8, 4) is 11.5 Å². The molecule has 3 rings (SSSR count). The van der Waals surface area contributed by atoms with Crippen LogP contribution < -0.4 is 17.3 Å². The molecule has 0 saturated heterocycles. The second-order valence-electron chi connectivity index (χ2n) is 7.99. The third-order valence-electron chi connectivity index (χ3n) is 5.02. The number of ether oxygens (including phenoxy) is 2. The number of amides is 1. The lowest BCUT2D eigenvalue weighted by molar-refractivity contribution is -0.159. The number of anilines is 2. The average Bonchev–Trinajstić information content (AvgIpc) is 2.84. The Labute approximate surface area is 227 Å². The second-order valence-corrected chi connectivity index (χ2v) is 10.6. The van der Waals surface area contributed by atoms with Crippen molar-refractivity contribution >= 4 is 50.2 Å². The van der Waals surface area contributed by atoms with Crippen LogP contribution in [0.15, 0.2) is 71.6 Å². The summed E-state index contributed by atoms with van der Waals surface area (Å²) in [5.74, 6) is -0.855. The topological polar surface area (TPSA) is 105 Å². The monoisotopic (exact) mass is 646 g/mol. The minimum absolute atomic E-state index is 0.00746. The van der Waals surface area contributed by atoms with Crippen molar-refractivity contribution in [2.24, 2.45) is 0 Å². The van der Waals surface area contributed by atoms with Gasteiger partial charge in [-0.2, -0.15) is 8.78 Å². The predicted octanol–water partition coefficient (Wildman–Crippen LogP) is 5.60. The third kappa shape index (κ3) is 7.29. The van der Waals surface area contributed by atoms with E-state index in [0.717, 1.165) is 9.18 Å². The molecule has 37 heavy (non-hydrogen) atoms. The summed E-state index contributed by atoms with van der Waals surface area (Å²) < 4.78 is 66.7. The number of halogens is 3. The number of hydrogen-bond acceptors (Lipinski definition) is 6. The minimum Gasteiger partial charge on any atom is -0.492 e. The van der Waals surface area contributed by atoms with Crippen LogP contribution in [0.5, 0.6) is 11.5 Å². The molecule has 1 atom stereocenters. The van der Waals surface area contributed by atoms with E-state index < -0.39 is 28.1 Å². The Kier molecular flexibility index (Phi) is 8.97. The highest BCUT2D eigenvalue weighted by Crippen LogP contribution is 2.34. The summed E-state index contributed by atoms with van der Waals surface area (Å²) in [5, 5.41) is 10.5. The Morgan fingerprint density at radius 3 is 2.41 bits per heavy atom. The van der Waals surface area contributed by atoms with E-state index in [1.54, 1.807) is 67.0 Å². The van der Waals surface area contributed by atoms with Crippen LogP contribution in [0.2, 0.25) is 0 Å². The molecule has 0 spiro atoms. The van der Waals surface area contributed by atoms with E-state index in [2.05, 4.69) is 9.46 Å². The van der Waals surface area contributed by atoms with Crippen molar-refractivity contribution in [3.63, 3.8) is 0 Å². The van der Waals surface area contributed by atoms with Crippen molar-refractivity contribution in [1.82, 2.24) is 0 Å². The zero-order valence-corrected chi connectivity index (χ0v) is 23.1. The lowest BCUT2D eigenvalue weighted by Gasteiger charge is -2.21. The van der Waals surface area contributed by atoms with Crippen LogP contribution in [0.25, 0.3) is 0 Å². The van der Waals surface area contributed by atoms with Crippen LogP contribution in [0.4, 0.5) is 20.2 Å². The van der Waals surface area contributed by atoms with Crippen molar-refractivity contribution in [2.75, 3.05) is 14.4 Å². The molecular formula is C25H25F2IN2O6S. The maximum Gasteiger partial charge on any atom is 0.394 e. The van der Waals surface area contributed by atoms with Crippen LogP contribution in [0.3, 0.4) is 0 Å². The molecule has 8 nitrogen and oxygen atoms in total. The maximum atomic E-state index is 13.3. The molecule has 3 aromatic carbocycles. The summed E-state index contributed by atoms with van der Waals surface area (Å²) in [6, 6.07) is 16.4. The number of hydrogen-bond donors (Lipinski definition) is 2. The van der Waals surface area contributed by atoms with Crippen LogP contribution >= 0.6 is 22.9 Å². The molecule has 198 valence electrons. The van der Waals surface area contributed by atoms with Gasteiger partial charge in [0.15, 0.2) is 6.10 Å². The predicted molar refractivity (Wildman–Crippen MR) is 144 cm³/mol. The molecule has 0 saturated carbocycles. The Hall–Kier alpha value is -2.97. The molecule has 0 heterocycles. The van der Waals surface area contributed by atoms with Gasteiger partial charge in [-0.3, -0.25) is 9.52 Å². The highest BCUT2D eigenvalue weighted by atomic mass is 127. The first-order valence-corrected chi connectivity index (χ1v) is 13.5. The van der Waals surface area contributed by atoms with E-state index in [1.165, 1.54) is 30.3 Å².